The summed E-state index contributed by atoms with van der Waals surface area (Å²) in [4.78, 5) is 38.8. The number of esters is 1. The van der Waals surface area contributed by atoms with E-state index in [9.17, 15) is 14.4 Å². The van der Waals surface area contributed by atoms with E-state index in [1.807, 2.05) is 0 Å². The summed E-state index contributed by atoms with van der Waals surface area (Å²) in [6.07, 6.45) is 1.14. The maximum absolute atomic E-state index is 12.8. The minimum atomic E-state index is -1.08. The third-order valence-corrected chi connectivity index (χ3v) is 4.81. The Morgan fingerprint density at radius 2 is 1.85 bits per heavy atom. The first-order valence-corrected chi connectivity index (χ1v) is 9.17. The van der Waals surface area contributed by atoms with Gasteiger partial charge in [-0.15, -0.1) is 0 Å². The van der Waals surface area contributed by atoms with Crippen molar-refractivity contribution in [2.45, 2.75) is 39.2 Å². The fourth-order valence-electron chi connectivity index (χ4n) is 3.02. The number of amides is 2. The number of benzene rings is 1. The van der Waals surface area contributed by atoms with E-state index < -0.39 is 11.4 Å². The molecule has 0 saturated carbocycles. The first-order valence-electron chi connectivity index (χ1n) is 8.79. The van der Waals surface area contributed by atoms with Crippen LogP contribution in [-0.4, -0.2) is 47.9 Å². The van der Waals surface area contributed by atoms with Gasteiger partial charge in [0, 0.05) is 13.1 Å². The normalized spacial score (nSPS) is 15.5. The summed E-state index contributed by atoms with van der Waals surface area (Å²) in [7, 11) is 0. The van der Waals surface area contributed by atoms with Gasteiger partial charge < -0.3 is 15.0 Å². The molecule has 1 saturated heterocycles. The molecule has 142 valence electrons. The van der Waals surface area contributed by atoms with Crippen molar-refractivity contribution in [2.24, 2.45) is 5.92 Å². The average molecular weight is 381 g/mol. The van der Waals surface area contributed by atoms with Gasteiger partial charge in [0.05, 0.1) is 23.1 Å². The molecule has 0 radical (unpaired) electrons. The molecule has 1 fully saturated rings. The second-order valence-electron chi connectivity index (χ2n) is 6.88. The van der Waals surface area contributed by atoms with Crippen LogP contribution < -0.4 is 5.32 Å². The molecule has 6 nitrogen and oxygen atoms in total. The van der Waals surface area contributed by atoms with Gasteiger partial charge in [-0.05, 0) is 45.7 Å². The van der Waals surface area contributed by atoms with Crippen LogP contribution in [0.25, 0.3) is 0 Å². The van der Waals surface area contributed by atoms with Crippen molar-refractivity contribution in [1.29, 1.82) is 0 Å². The molecule has 1 aromatic carbocycles. The SMILES string of the molecule is CCOC(=O)C1CCN(C(=O)C(C)(C)NC(=O)c2ccccc2Cl)CC1. The molecule has 0 aliphatic carbocycles. The Morgan fingerprint density at radius 1 is 1.23 bits per heavy atom. The molecule has 0 aromatic heterocycles. The van der Waals surface area contributed by atoms with Gasteiger partial charge >= 0.3 is 5.97 Å². The molecular formula is C19H25ClN2O4. The number of hydrogen-bond donors (Lipinski definition) is 1. The summed E-state index contributed by atoms with van der Waals surface area (Å²) in [6, 6.07) is 6.70. The van der Waals surface area contributed by atoms with Crippen LogP contribution in [0.3, 0.4) is 0 Å². The van der Waals surface area contributed by atoms with E-state index in [4.69, 9.17) is 16.3 Å². The summed E-state index contributed by atoms with van der Waals surface area (Å²) in [5.74, 6) is -0.943. The quantitative estimate of drug-likeness (QED) is 0.797. The maximum Gasteiger partial charge on any atom is 0.309 e. The Bertz CT molecular complexity index is 682. The molecule has 0 bridgehead atoms. The highest BCUT2D eigenvalue weighted by Gasteiger charge is 2.37. The number of halogens is 1. The van der Waals surface area contributed by atoms with Gasteiger partial charge in [0.25, 0.3) is 5.91 Å². The molecule has 1 aromatic rings. The average Bonchev–Trinajstić information content (AvgIpc) is 2.61. The molecule has 1 heterocycles. The smallest absolute Gasteiger partial charge is 0.309 e. The Hall–Kier alpha value is -2.08. The van der Waals surface area contributed by atoms with Gasteiger partial charge in [0.2, 0.25) is 5.91 Å². The summed E-state index contributed by atoms with van der Waals surface area (Å²) >= 11 is 6.05. The van der Waals surface area contributed by atoms with Crippen molar-refractivity contribution in [3.05, 3.63) is 34.9 Å². The number of hydrogen-bond acceptors (Lipinski definition) is 4. The first kappa shape index (κ1) is 20.2. The molecular weight excluding hydrogens is 356 g/mol. The molecule has 0 atom stereocenters. The van der Waals surface area contributed by atoms with E-state index in [1.165, 1.54) is 0 Å². The molecule has 7 heteroatoms. The highest BCUT2D eigenvalue weighted by atomic mass is 35.5. The zero-order valence-electron chi connectivity index (χ0n) is 15.4. The number of nitrogens with one attached hydrogen (secondary N) is 1. The third-order valence-electron chi connectivity index (χ3n) is 4.48. The number of carbonyl (C=O) groups excluding carboxylic acids is 3. The van der Waals surface area contributed by atoms with Gasteiger partial charge in [-0.1, -0.05) is 23.7 Å². The lowest BCUT2D eigenvalue weighted by Crippen LogP contribution is -2.57. The fraction of sp³-hybridized carbons (Fsp3) is 0.526. The van der Waals surface area contributed by atoms with E-state index in [1.54, 1.807) is 49.9 Å². The molecule has 2 amide bonds. The number of nitrogens with zero attached hydrogens (tertiary/aromatic N) is 1. The largest absolute Gasteiger partial charge is 0.466 e. The Balaban J connectivity index is 1.97. The van der Waals surface area contributed by atoms with Crippen LogP contribution in [0.4, 0.5) is 0 Å². The van der Waals surface area contributed by atoms with Crippen molar-refractivity contribution in [2.75, 3.05) is 19.7 Å². The summed E-state index contributed by atoms with van der Waals surface area (Å²) in [6.45, 7) is 6.41. The zero-order chi connectivity index (χ0) is 19.3. The number of ether oxygens (including phenoxy) is 1. The Labute approximate surface area is 158 Å². The van der Waals surface area contributed by atoms with Crippen LogP contribution >= 0.6 is 11.6 Å². The van der Waals surface area contributed by atoms with E-state index in [-0.39, 0.29) is 17.8 Å². The highest BCUT2D eigenvalue weighted by molar-refractivity contribution is 6.33. The van der Waals surface area contributed by atoms with Crippen LogP contribution in [-0.2, 0) is 14.3 Å². The van der Waals surface area contributed by atoms with Gasteiger partial charge in [0.15, 0.2) is 0 Å². The van der Waals surface area contributed by atoms with Crippen molar-refractivity contribution in [3.8, 4) is 0 Å². The van der Waals surface area contributed by atoms with Crippen LogP contribution in [0.5, 0.6) is 0 Å². The number of rotatable bonds is 5. The lowest BCUT2D eigenvalue weighted by molar-refractivity contribution is -0.152. The third kappa shape index (κ3) is 4.75. The molecule has 1 aliphatic heterocycles. The monoisotopic (exact) mass is 380 g/mol. The highest BCUT2D eigenvalue weighted by Crippen LogP contribution is 2.22. The molecule has 26 heavy (non-hydrogen) atoms. The maximum atomic E-state index is 12.8. The number of piperidine rings is 1. The number of likely N-dealkylation sites (tertiary alicyclic amines) is 1. The summed E-state index contributed by atoms with van der Waals surface area (Å²) in [5.41, 5.74) is -0.747. The van der Waals surface area contributed by atoms with E-state index in [0.717, 1.165) is 0 Å². The van der Waals surface area contributed by atoms with Crippen molar-refractivity contribution in [3.63, 3.8) is 0 Å². The van der Waals surface area contributed by atoms with Crippen LogP contribution in [0, 0.1) is 5.92 Å². The predicted octanol–water partition coefficient (Wildman–Crippen LogP) is 2.65. The van der Waals surface area contributed by atoms with E-state index in [2.05, 4.69) is 5.32 Å². The number of carbonyl (C=O) groups is 3. The molecule has 0 spiro atoms. The van der Waals surface area contributed by atoms with Crippen molar-refractivity contribution < 1.29 is 19.1 Å². The predicted molar refractivity (Wildman–Crippen MR) is 98.9 cm³/mol. The molecule has 1 N–H and O–H groups in total. The lowest BCUT2D eigenvalue weighted by atomic mass is 9.94. The van der Waals surface area contributed by atoms with Crippen molar-refractivity contribution >= 4 is 29.4 Å². The minimum absolute atomic E-state index is 0.167. The second-order valence-corrected chi connectivity index (χ2v) is 7.28. The zero-order valence-corrected chi connectivity index (χ0v) is 16.1. The van der Waals surface area contributed by atoms with Gasteiger partial charge in [-0.2, -0.15) is 0 Å². The Kier molecular flexibility index (Phi) is 6.64. The minimum Gasteiger partial charge on any atom is -0.466 e. The van der Waals surface area contributed by atoms with Crippen LogP contribution in [0.2, 0.25) is 5.02 Å². The Morgan fingerprint density at radius 3 is 2.42 bits per heavy atom. The van der Waals surface area contributed by atoms with Crippen LogP contribution in [0.15, 0.2) is 24.3 Å². The lowest BCUT2D eigenvalue weighted by Gasteiger charge is -2.36. The molecule has 1 aliphatic rings. The van der Waals surface area contributed by atoms with Crippen LogP contribution in [0.1, 0.15) is 44.0 Å². The molecule has 0 unspecified atom stereocenters. The fourth-order valence-corrected chi connectivity index (χ4v) is 3.25. The van der Waals surface area contributed by atoms with Gasteiger partial charge in [-0.25, -0.2) is 0 Å². The summed E-state index contributed by atoms with van der Waals surface area (Å²) in [5, 5.41) is 3.10. The van der Waals surface area contributed by atoms with E-state index in [0.29, 0.717) is 43.1 Å². The molecule has 2 rings (SSSR count). The van der Waals surface area contributed by atoms with Crippen molar-refractivity contribution in [1.82, 2.24) is 10.2 Å². The standard InChI is InChI=1S/C19H25ClN2O4/c1-4-26-17(24)13-9-11-22(12-10-13)18(25)19(2,3)21-16(23)14-7-5-6-8-15(14)20/h5-8,13H,4,9-12H2,1-3H3,(H,21,23). The second kappa shape index (κ2) is 8.54. The first-order chi connectivity index (χ1) is 12.3. The topological polar surface area (TPSA) is 75.7 Å². The van der Waals surface area contributed by atoms with Gasteiger partial charge in [-0.3, -0.25) is 14.4 Å². The van der Waals surface area contributed by atoms with E-state index >= 15 is 0 Å². The van der Waals surface area contributed by atoms with Gasteiger partial charge in [0.1, 0.15) is 5.54 Å². The summed E-state index contributed by atoms with van der Waals surface area (Å²) < 4.78 is 5.05.